The third-order valence-corrected chi connectivity index (χ3v) is 5.07. The van der Waals surface area contributed by atoms with E-state index in [0.717, 1.165) is 32.6 Å². The van der Waals surface area contributed by atoms with Gasteiger partial charge in [0.2, 0.25) is 5.91 Å². The number of carbonyl (C=O) groups is 1. The molecule has 20 heavy (non-hydrogen) atoms. The summed E-state index contributed by atoms with van der Waals surface area (Å²) in [5.41, 5.74) is 0. The van der Waals surface area contributed by atoms with Gasteiger partial charge in [-0.05, 0) is 19.5 Å². The Bertz CT molecular complexity index is 392. The zero-order valence-electron chi connectivity index (χ0n) is 12.5. The molecule has 1 saturated heterocycles. The molecule has 1 rings (SSSR count). The second-order valence-electron chi connectivity index (χ2n) is 5.25. The van der Waals surface area contributed by atoms with E-state index in [-0.39, 0.29) is 29.9 Å². The van der Waals surface area contributed by atoms with E-state index in [0.29, 0.717) is 6.54 Å². The average molecular weight is 305 g/mol. The summed E-state index contributed by atoms with van der Waals surface area (Å²) >= 11 is 0. The van der Waals surface area contributed by atoms with Gasteiger partial charge in [0, 0.05) is 26.2 Å². The Balaban J connectivity index is 2.13. The molecule has 7 heteroatoms. The van der Waals surface area contributed by atoms with Crippen molar-refractivity contribution in [1.82, 2.24) is 15.5 Å². The summed E-state index contributed by atoms with van der Waals surface area (Å²) < 4.78 is 23.4. The predicted octanol–water partition coefficient (Wildman–Crippen LogP) is -0.531. The SMILES string of the molecule is CCCN1CC(C(=O)NCCS(=O)(=O)CCNCC)C1. The first-order chi connectivity index (χ1) is 9.48. The highest BCUT2D eigenvalue weighted by molar-refractivity contribution is 7.91. The second-order valence-corrected chi connectivity index (χ2v) is 7.56. The van der Waals surface area contributed by atoms with Crippen molar-refractivity contribution in [3.8, 4) is 0 Å². The first kappa shape index (κ1) is 17.4. The van der Waals surface area contributed by atoms with Crippen molar-refractivity contribution in [1.29, 1.82) is 0 Å². The Morgan fingerprint density at radius 2 is 1.85 bits per heavy atom. The minimum atomic E-state index is -3.07. The molecule has 0 aromatic carbocycles. The first-order valence-corrected chi connectivity index (χ1v) is 9.21. The standard InChI is InChI=1S/C13H27N3O3S/c1-3-7-16-10-12(11-16)13(17)15-6-9-20(18,19)8-5-14-4-2/h12,14H,3-11H2,1-2H3,(H,15,17). The summed E-state index contributed by atoms with van der Waals surface area (Å²) in [7, 11) is -3.07. The van der Waals surface area contributed by atoms with Crippen LogP contribution in [0.1, 0.15) is 20.3 Å². The molecule has 0 unspecified atom stereocenters. The van der Waals surface area contributed by atoms with Crippen LogP contribution in [-0.2, 0) is 14.6 Å². The highest BCUT2D eigenvalue weighted by atomic mass is 32.2. The molecule has 1 aliphatic rings. The largest absolute Gasteiger partial charge is 0.355 e. The molecule has 0 aromatic heterocycles. The molecular formula is C13H27N3O3S. The Morgan fingerprint density at radius 1 is 1.20 bits per heavy atom. The third kappa shape index (κ3) is 6.19. The van der Waals surface area contributed by atoms with E-state index in [9.17, 15) is 13.2 Å². The molecule has 118 valence electrons. The second kappa shape index (κ2) is 8.59. The number of rotatable bonds is 10. The lowest BCUT2D eigenvalue weighted by Crippen LogP contribution is -2.54. The van der Waals surface area contributed by atoms with Gasteiger partial charge in [-0.1, -0.05) is 13.8 Å². The number of nitrogens with one attached hydrogen (secondary N) is 2. The van der Waals surface area contributed by atoms with Crippen LogP contribution in [0.25, 0.3) is 0 Å². The van der Waals surface area contributed by atoms with Crippen LogP contribution in [0, 0.1) is 5.92 Å². The smallest absolute Gasteiger partial charge is 0.225 e. The molecule has 0 aromatic rings. The van der Waals surface area contributed by atoms with Gasteiger partial charge < -0.3 is 15.5 Å². The van der Waals surface area contributed by atoms with E-state index in [1.54, 1.807) is 0 Å². The summed E-state index contributed by atoms with van der Waals surface area (Å²) in [4.78, 5) is 14.0. The number of sulfone groups is 1. The van der Waals surface area contributed by atoms with E-state index < -0.39 is 9.84 Å². The fraction of sp³-hybridized carbons (Fsp3) is 0.923. The van der Waals surface area contributed by atoms with Gasteiger partial charge in [0.25, 0.3) is 0 Å². The van der Waals surface area contributed by atoms with E-state index in [2.05, 4.69) is 22.5 Å². The van der Waals surface area contributed by atoms with E-state index >= 15 is 0 Å². The van der Waals surface area contributed by atoms with Crippen LogP contribution in [0.15, 0.2) is 0 Å². The lowest BCUT2D eigenvalue weighted by molar-refractivity contribution is -0.130. The summed E-state index contributed by atoms with van der Waals surface area (Å²) in [5.74, 6) is 0.171. The molecule has 1 amide bonds. The van der Waals surface area contributed by atoms with Crippen LogP contribution in [0.3, 0.4) is 0 Å². The topological polar surface area (TPSA) is 78.5 Å². The van der Waals surface area contributed by atoms with Crippen LogP contribution >= 0.6 is 0 Å². The molecule has 1 heterocycles. The van der Waals surface area contributed by atoms with Gasteiger partial charge in [-0.25, -0.2) is 8.42 Å². The molecule has 6 nitrogen and oxygen atoms in total. The number of hydrogen-bond donors (Lipinski definition) is 2. The van der Waals surface area contributed by atoms with Crippen molar-refractivity contribution >= 4 is 15.7 Å². The minimum absolute atomic E-state index is 0.0146. The maximum absolute atomic E-state index is 11.8. The van der Waals surface area contributed by atoms with E-state index in [4.69, 9.17) is 0 Å². The highest BCUT2D eigenvalue weighted by Crippen LogP contribution is 2.15. The fourth-order valence-electron chi connectivity index (χ4n) is 2.22. The molecule has 0 bridgehead atoms. The summed E-state index contributed by atoms with van der Waals surface area (Å²) in [6, 6.07) is 0. The average Bonchev–Trinajstić information content (AvgIpc) is 2.33. The van der Waals surface area contributed by atoms with Gasteiger partial charge in [0.1, 0.15) is 0 Å². The van der Waals surface area contributed by atoms with Gasteiger partial charge >= 0.3 is 0 Å². The van der Waals surface area contributed by atoms with E-state index in [1.807, 2.05) is 6.92 Å². The van der Waals surface area contributed by atoms with Crippen molar-refractivity contribution in [2.45, 2.75) is 20.3 Å². The maximum Gasteiger partial charge on any atom is 0.225 e. The van der Waals surface area contributed by atoms with Crippen molar-refractivity contribution in [3.63, 3.8) is 0 Å². The van der Waals surface area contributed by atoms with Gasteiger partial charge in [-0.3, -0.25) is 4.79 Å². The van der Waals surface area contributed by atoms with Crippen molar-refractivity contribution in [2.24, 2.45) is 5.92 Å². The van der Waals surface area contributed by atoms with Gasteiger partial charge in [-0.2, -0.15) is 0 Å². The van der Waals surface area contributed by atoms with Crippen LogP contribution in [0.2, 0.25) is 0 Å². The number of hydrogen-bond acceptors (Lipinski definition) is 5. The summed E-state index contributed by atoms with van der Waals surface area (Å²) in [6.45, 7) is 8.14. The molecular weight excluding hydrogens is 278 g/mol. The van der Waals surface area contributed by atoms with Gasteiger partial charge in [-0.15, -0.1) is 0 Å². The Morgan fingerprint density at radius 3 is 2.45 bits per heavy atom. The van der Waals surface area contributed by atoms with Crippen LogP contribution in [-0.4, -0.2) is 70.0 Å². The first-order valence-electron chi connectivity index (χ1n) is 7.39. The normalized spacial score (nSPS) is 16.9. The molecule has 0 spiro atoms. The lowest BCUT2D eigenvalue weighted by Gasteiger charge is -2.37. The molecule has 2 N–H and O–H groups in total. The number of nitrogens with zero attached hydrogens (tertiary/aromatic N) is 1. The zero-order valence-corrected chi connectivity index (χ0v) is 13.3. The molecule has 0 saturated carbocycles. The molecule has 0 aliphatic carbocycles. The maximum atomic E-state index is 11.8. The minimum Gasteiger partial charge on any atom is -0.355 e. The van der Waals surface area contributed by atoms with Gasteiger partial charge in [0.05, 0.1) is 17.4 Å². The predicted molar refractivity (Wildman–Crippen MR) is 80.4 cm³/mol. The number of amides is 1. The monoisotopic (exact) mass is 305 g/mol. The van der Waals surface area contributed by atoms with Crippen molar-refractivity contribution < 1.29 is 13.2 Å². The van der Waals surface area contributed by atoms with Crippen molar-refractivity contribution in [2.75, 3.05) is 50.8 Å². The summed E-state index contributed by atoms with van der Waals surface area (Å²) in [6.07, 6.45) is 1.10. The lowest BCUT2D eigenvalue weighted by atomic mass is 9.99. The summed E-state index contributed by atoms with van der Waals surface area (Å²) in [5, 5.41) is 5.71. The Kier molecular flexibility index (Phi) is 7.47. The fourth-order valence-corrected chi connectivity index (χ4v) is 3.29. The van der Waals surface area contributed by atoms with E-state index in [1.165, 1.54) is 0 Å². The van der Waals surface area contributed by atoms with Crippen molar-refractivity contribution in [3.05, 3.63) is 0 Å². The van der Waals surface area contributed by atoms with Gasteiger partial charge in [0.15, 0.2) is 9.84 Å². The molecule has 1 fully saturated rings. The highest BCUT2D eigenvalue weighted by Gasteiger charge is 2.31. The Labute approximate surface area is 122 Å². The zero-order chi connectivity index (χ0) is 15.0. The molecule has 1 aliphatic heterocycles. The number of likely N-dealkylation sites (tertiary alicyclic amines) is 1. The van der Waals surface area contributed by atoms with Crippen LogP contribution in [0.4, 0.5) is 0 Å². The van der Waals surface area contributed by atoms with Crippen LogP contribution in [0.5, 0.6) is 0 Å². The van der Waals surface area contributed by atoms with Crippen LogP contribution < -0.4 is 10.6 Å². The number of carbonyl (C=O) groups excluding carboxylic acids is 1. The quantitative estimate of drug-likeness (QED) is 0.531. The molecule has 0 atom stereocenters. The Hall–Kier alpha value is -0.660. The molecule has 0 radical (unpaired) electrons. The third-order valence-electron chi connectivity index (χ3n) is 3.42.